The molecule has 9 heteroatoms. The Morgan fingerprint density at radius 3 is 2.32 bits per heavy atom. The second-order valence-corrected chi connectivity index (χ2v) is 6.35. The van der Waals surface area contributed by atoms with Gasteiger partial charge in [-0.05, 0) is 57.4 Å². The van der Waals surface area contributed by atoms with E-state index in [2.05, 4.69) is 15.6 Å². The van der Waals surface area contributed by atoms with Crippen LogP contribution < -0.4 is 10.6 Å². The topological polar surface area (TPSA) is 74.3 Å². The molecule has 0 unspecified atom stereocenters. The molecule has 2 amide bonds. The lowest BCUT2D eigenvalue weighted by Crippen LogP contribution is -2.28. The highest BCUT2D eigenvalue weighted by molar-refractivity contribution is 6.03. The smallest absolute Gasteiger partial charge is 0.351 e. The summed E-state index contributed by atoms with van der Waals surface area (Å²) in [6, 6.07) is 8.61. The first-order valence-electron chi connectivity index (χ1n) is 8.55. The van der Waals surface area contributed by atoms with Gasteiger partial charge in [0.05, 0.1) is 5.56 Å². The molecule has 28 heavy (non-hydrogen) atoms. The number of amides is 2. The van der Waals surface area contributed by atoms with Gasteiger partial charge in [0.2, 0.25) is 0 Å². The van der Waals surface area contributed by atoms with E-state index in [0.29, 0.717) is 6.54 Å². The van der Waals surface area contributed by atoms with Crippen LogP contribution in [-0.4, -0.2) is 48.9 Å². The first-order valence-corrected chi connectivity index (χ1v) is 8.55. The molecule has 2 aromatic rings. The SMILES string of the molecule is CN(C)CCCNC(=O)c1cccc(C(=O)Nc2cccc(C(F)(F)F)c2)n1. The molecule has 0 bridgehead atoms. The molecule has 0 atom stereocenters. The van der Waals surface area contributed by atoms with Crippen molar-refractivity contribution in [3.63, 3.8) is 0 Å². The van der Waals surface area contributed by atoms with E-state index in [0.717, 1.165) is 25.1 Å². The minimum Gasteiger partial charge on any atom is -0.351 e. The number of pyridine rings is 1. The highest BCUT2D eigenvalue weighted by atomic mass is 19.4. The predicted molar refractivity (Wildman–Crippen MR) is 99.1 cm³/mol. The fourth-order valence-corrected chi connectivity index (χ4v) is 2.34. The summed E-state index contributed by atoms with van der Waals surface area (Å²) in [6.07, 6.45) is -3.75. The van der Waals surface area contributed by atoms with Gasteiger partial charge in [-0.3, -0.25) is 9.59 Å². The monoisotopic (exact) mass is 394 g/mol. The Morgan fingerprint density at radius 1 is 1.04 bits per heavy atom. The van der Waals surface area contributed by atoms with Crippen LogP contribution >= 0.6 is 0 Å². The number of nitrogens with one attached hydrogen (secondary N) is 2. The summed E-state index contributed by atoms with van der Waals surface area (Å²) in [5.74, 6) is -1.13. The molecule has 2 N–H and O–H groups in total. The zero-order chi connectivity index (χ0) is 20.7. The van der Waals surface area contributed by atoms with Gasteiger partial charge in [0, 0.05) is 12.2 Å². The molecule has 1 aromatic carbocycles. The Bertz CT molecular complexity index is 838. The fourth-order valence-electron chi connectivity index (χ4n) is 2.34. The molecule has 0 saturated heterocycles. The zero-order valence-corrected chi connectivity index (χ0v) is 15.5. The van der Waals surface area contributed by atoms with Crippen molar-refractivity contribution in [2.75, 3.05) is 32.5 Å². The van der Waals surface area contributed by atoms with Crippen molar-refractivity contribution in [1.29, 1.82) is 0 Å². The van der Waals surface area contributed by atoms with Crippen LogP contribution in [0.15, 0.2) is 42.5 Å². The van der Waals surface area contributed by atoms with E-state index in [1.165, 1.54) is 30.3 Å². The summed E-state index contributed by atoms with van der Waals surface area (Å²) in [6.45, 7) is 1.27. The number of alkyl halides is 3. The van der Waals surface area contributed by atoms with E-state index in [9.17, 15) is 22.8 Å². The number of benzene rings is 1. The second kappa shape index (κ2) is 9.32. The molecule has 1 aromatic heterocycles. The van der Waals surface area contributed by atoms with Gasteiger partial charge in [-0.1, -0.05) is 12.1 Å². The average molecular weight is 394 g/mol. The van der Waals surface area contributed by atoms with Crippen molar-refractivity contribution >= 4 is 17.5 Å². The molecule has 0 aliphatic carbocycles. The van der Waals surface area contributed by atoms with Crippen LogP contribution in [0.1, 0.15) is 33.0 Å². The fraction of sp³-hybridized carbons (Fsp3) is 0.316. The van der Waals surface area contributed by atoms with Crippen molar-refractivity contribution in [3.8, 4) is 0 Å². The molecule has 0 radical (unpaired) electrons. The van der Waals surface area contributed by atoms with Crippen molar-refractivity contribution in [2.45, 2.75) is 12.6 Å². The van der Waals surface area contributed by atoms with Crippen LogP contribution in [0.3, 0.4) is 0 Å². The molecule has 150 valence electrons. The highest BCUT2D eigenvalue weighted by Gasteiger charge is 2.30. The number of hydrogen-bond donors (Lipinski definition) is 2. The Hall–Kier alpha value is -2.94. The van der Waals surface area contributed by atoms with Gasteiger partial charge >= 0.3 is 6.18 Å². The normalized spacial score (nSPS) is 11.4. The van der Waals surface area contributed by atoms with Gasteiger partial charge in [-0.15, -0.1) is 0 Å². The minimum atomic E-state index is -4.51. The Balaban J connectivity index is 2.03. The van der Waals surface area contributed by atoms with Gasteiger partial charge in [0.25, 0.3) is 11.8 Å². The van der Waals surface area contributed by atoms with Crippen LogP contribution in [0.2, 0.25) is 0 Å². The third-order valence-electron chi connectivity index (χ3n) is 3.73. The van der Waals surface area contributed by atoms with Gasteiger partial charge < -0.3 is 15.5 Å². The van der Waals surface area contributed by atoms with Crippen molar-refractivity contribution in [2.24, 2.45) is 0 Å². The average Bonchev–Trinajstić information content (AvgIpc) is 2.64. The van der Waals surface area contributed by atoms with E-state index in [4.69, 9.17) is 0 Å². The van der Waals surface area contributed by atoms with Crippen molar-refractivity contribution in [3.05, 3.63) is 59.4 Å². The summed E-state index contributed by atoms with van der Waals surface area (Å²) in [5, 5.41) is 5.07. The number of carbonyl (C=O) groups excluding carboxylic acids is 2. The van der Waals surface area contributed by atoms with Gasteiger partial charge in [0.1, 0.15) is 11.4 Å². The molecule has 0 aliphatic heterocycles. The third kappa shape index (κ3) is 6.34. The molecule has 1 heterocycles. The summed E-state index contributed by atoms with van der Waals surface area (Å²) in [4.78, 5) is 30.4. The molecular weight excluding hydrogens is 373 g/mol. The maximum Gasteiger partial charge on any atom is 0.416 e. The standard InChI is InChI=1S/C19H21F3N4O2/c1-26(2)11-5-10-23-17(27)15-8-4-9-16(25-15)18(28)24-14-7-3-6-13(12-14)19(20,21)22/h3-4,6-9,12H,5,10-11H2,1-2H3,(H,23,27)(H,24,28). The largest absolute Gasteiger partial charge is 0.416 e. The minimum absolute atomic E-state index is 0.0137. The Kier molecular flexibility index (Phi) is 7.11. The highest BCUT2D eigenvalue weighted by Crippen LogP contribution is 2.30. The quantitative estimate of drug-likeness (QED) is 0.708. The second-order valence-electron chi connectivity index (χ2n) is 6.35. The molecule has 0 spiro atoms. The Morgan fingerprint density at radius 2 is 1.68 bits per heavy atom. The van der Waals surface area contributed by atoms with Crippen LogP contribution in [0.25, 0.3) is 0 Å². The summed E-state index contributed by atoms with van der Waals surface area (Å²) >= 11 is 0. The van der Waals surface area contributed by atoms with Crippen molar-refractivity contribution in [1.82, 2.24) is 15.2 Å². The maximum atomic E-state index is 12.8. The summed E-state index contributed by atoms with van der Waals surface area (Å²) in [5.41, 5.74) is -0.899. The van der Waals surface area contributed by atoms with E-state index in [-0.39, 0.29) is 17.1 Å². The van der Waals surface area contributed by atoms with Crippen molar-refractivity contribution < 1.29 is 22.8 Å². The number of anilines is 1. The number of hydrogen-bond acceptors (Lipinski definition) is 4. The van der Waals surface area contributed by atoms with E-state index < -0.39 is 23.6 Å². The van der Waals surface area contributed by atoms with Gasteiger partial charge in [0.15, 0.2) is 0 Å². The van der Waals surface area contributed by atoms with E-state index in [1.807, 2.05) is 19.0 Å². The molecule has 2 rings (SSSR count). The lowest BCUT2D eigenvalue weighted by atomic mass is 10.2. The number of aromatic nitrogens is 1. The van der Waals surface area contributed by atoms with Crippen LogP contribution in [0.5, 0.6) is 0 Å². The van der Waals surface area contributed by atoms with Crippen LogP contribution in [0.4, 0.5) is 18.9 Å². The third-order valence-corrected chi connectivity index (χ3v) is 3.73. The predicted octanol–water partition coefficient (Wildman–Crippen LogP) is 3.03. The summed E-state index contributed by atoms with van der Waals surface area (Å²) < 4.78 is 38.3. The van der Waals surface area contributed by atoms with Crippen LogP contribution in [0, 0.1) is 0 Å². The molecule has 6 nitrogen and oxygen atoms in total. The van der Waals surface area contributed by atoms with E-state index in [1.54, 1.807) is 0 Å². The first-order chi connectivity index (χ1) is 13.2. The number of nitrogens with zero attached hydrogens (tertiary/aromatic N) is 2. The van der Waals surface area contributed by atoms with Crippen LogP contribution in [-0.2, 0) is 6.18 Å². The molecule has 0 saturated carbocycles. The number of rotatable bonds is 7. The van der Waals surface area contributed by atoms with Gasteiger partial charge in [-0.25, -0.2) is 4.98 Å². The van der Waals surface area contributed by atoms with Gasteiger partial charge in [-0.2, -0.15) is 13.2 Å². The Labute approximate surface area is 160 Å². The molecule has 0 fully saturated rings. The zero-order valence-electron chi connectivity index (χ0n) is 15.5. The molecular formula is C19H21F3N4O2. The lowest BCUT2D eigenvalue weighted by Gasteiger charge is -2.11. The lowest BCUT2D eigenvalue weighted by molar-refractivity contribution is -0.137. The maximum absolute atomic E-state index is 12.8. The first kappa shape index (κ1) is 21.4. The van der Waals surface area contributed by atoms with E-state index >= 15 is 0 Å². The number of carbonyl (C=O) groups is 2. The molecule has 0 aliphatic rings. The number of halogens is 3. The summed E-state index contributed by atoms with van der Waals surface area (Å²) in [7, 11) is 3.85.